The molecule has 0 aliphatic rings. The first-order chi connectivity index (χ1) is 12.9. The van der Waals surface area contributed by atoms with Gasteiger partial charge in [0.25, 0.3) is 10.0 Å². The third kappa shape index (κ3) is 4.77. The molecule has 1 N–H and O–H groups in total. The topological polar surface area (TPSA) is 64.0 Å². The molecule has 0 fully saturated rings. The van der Waals surface area contributed by atoms with E-state index in [1.165, 1.54) is 0 Å². The van der Waals surface area contributed by atoms with E-state index in [0.717, 1.165) is 35.4 Å². The number of rotatable bonds is 7. The Bertz CT molecular complexity index is 1000. The predicted molar refractivity (Wildman–Crippen MR) is 108 cm³/mol. The second-order valence-corrected chi connectivity index (χ2v) is 8.46. The molecule has 0 unspecified atom stereocenters. The molecule has 0 aliphatic heterocycles. The highest BCUT2D eigenvalue weighted by Crippen LogP contribution is 2.18. The number of aryl methyl sites for hydroxylation is 3. The number of anilines is 1. The van der Waals surface area contributed by atoms with Crippen molar-refractivity contribution in [1.82, 2.24) is 9.78 Å². The Hall–Kier alpha value is -2.60. The van der Waals surface area contributed by atoms with Crippen molar-refractivity contribution in [3.05, 3.63) is 77.1 Å². The minimum absolute atomic E-state index is 0.272. The van der Waals surface area contributed by atoms with E-state index in [0.29, 0.717) is 12.2 Å². The maximum Gasteiger partial charge on any atom is 0.261 e. The molecule has 6 heteroatoms. The van der Waals surface area contributed by atoms with Crippen LogP contribution in [0.2, 0.25) is 0 Å². The van der Waals surface area contributed by atoms with Crippen molar-refractivity contribution in [1.29, 1.82) is 0 Å². The molecular formula is C21H25N3O2S. The van der Waals surface area contributed by atoms with Gasteiger partial charge in [-0.15, -0.1) is 0 Å². The molecule has 3 aromatic rings. The molecule has 0 saturated heterocycles. The summed E-state index contributed by atoms with van der Waals surface area (Å²) in [6, 6.07) is 16.5. The van der Waals surface area contributed by atoms with E-state index >= 15 is 0 Å². The summed E-state index contributed by atoms with van der Waals surface area (Å²) in [6.45, 7) is 6.75. The van der Waals surface area contributed by atoms with E-state index in [4.69, 9.17) is 0 Å². The number of hydrogen-bond donors (Lipinski definition) is 1. The largest absolute Gasteiger partial charge is 0.280 e. The van der Waals surface area contributed by atoms with Crippen LogP contribution in [-0.2, 0) is 23.0 Å². The highest BCUT2D eigenvalue weighted by Gasteiger charge is 2.14. The lowest BCUT2D eigenvalue weighted by Crippen LogP contribution is -2.13. The average Bonchev–Trinajstić information content (AvgIpc) is 2.94. The lowest BCUT2D eigenvalue weighted by molar-refractivity contribution is 0.601. The Morgan fingerprint density at radius 3 is 2.15 bits per heavy atom. The number of nitrogens with one attached hydrogen (secondary N) is 1. The SMILES string of the molecule is CCCc1ccc(S(=O)(=O)Nc2ccc(Cn3nc(C)cc3C)cc2)cc1. The third-order valence-corrected chi connectivity index (χ3v) is 5.81. The minimum Gasteiger partial charge on any atom is -0.280 e. The van der Waals surface area contributed by atoms with Crippen LogP contribution in [0.4, 0.5) is 5.69 Å². The van der Waals surface area contributed by atoms with Gasteiger partial charge in [-0.1, -0.05) is 37.6 Å². The zero-order valence-electron chi connectivity index (χ0n) is 15.9. The van der Waals surface area contributed by atoms with Gasteiger partial charge in [-0.25, -0.2) is 8.42 Å². The first-order valence-corrected chi connectivity index (χ1v) is 10.6. The maximum absolute atomic E-state index is 12.6. The Balaban J connectivity index is 1.70. The highest BCUT2D eigenvalue weighted by atomic mass is 32.2. The van der Waals surface area contributed by atoms with E-state index in [2.05, 4.69) is 16.7 Å². The zero-order chi connectivity index (χ0) is 19.4. The lowest BCUT2D eigenvalue weighted by atomic mass is 10.1. The number of sulfonamides is 1. The van der Waals surface area contributed by atoms with E-state index in [1.807, 2.05) is 48.9 Å². The molecular weight excluding hydrogens is 358 g/mol. The molecule has 0 amide bonds. The molecule has 3 rings (SSSR count). The molecule has 27 heavy (non-hydrogen) atoms. The molecule has 0 spiro atoms. The van der Waals surface area contributed by atoms with Crippen molar-refractivity contribution in [2.24, 2.45) is 0 Å². The third-order valence-electron chi connectivity index (χ3n) is 4.41. The van der Waals surface area contributed by atoms with Gasteiger partial charge in [-0.05, 0) is 61.7 Å². The van der Waals surface area contributed by atoms with Crippen molar-refractivity contribution in [3.63, 3.8) is 0 Å². The van der Waals surface area contributed by atoms with Crippen LogP contribution >= 0.6 is 0 Å². The van der Waals surface area contributed by atoms with Crippen LogP contribution in [0.15, 0.2) is 59.5 Å². The van der Waals surface area contributed by atoms with Gasteiger partial charge in [-0.3, -0.25) is 9.40 Å². The molecule has 0 aliphatic carbocycles. The van der Waals surface area contributed by atoms with Crippen LogP contribution in [0, 0.1) is 13.8 Å². The molecule has 0 radical (unpaired) electrons. The highest BCUT2D eigenvalue weighted by molar-refractivity contribution is 7.92. The summed E-state index contributed by atoms with van der Waals surface area (Å²) >= 11 is 0. The predicted octanol–water partition coefficient (Wildman–Crippen LogP) is 4.30. The molecule has 1 heterocycles. The first kappa shape index (κ1) is 19.2. The van der Waals surface area contributed by atoms with Crippen molar-refractivity contribution in [2.75, 3.05) is 4.72 Å². The molecule has 0 bridgehead atoms. The standard InChI is InChI=1S/C21H25N3O2S/c1-4-5-18-8-12-21(13-9-18)27(25,26)23-20-10-6-19(7-11-20)15-24-17(3)14-16(2)22-24/h6-14,23H,4-5,15H2,1-3H3. The van der Waals surface area contributed by atoms with Crippen LogP contribution in [0.25, 0.3) is 0 Å². The van der Waals surface area contributed by atoms with Crippen LogP contribution in [0.1, 0.15) is 35.9 Å². The summed E-state index contributed by atoms with van der Waals surface area (Å²) < 4.78 is 29.7. The number of nitrogens with zero attached hydrogens (tertiary/aromatic N) is 2. The fraction of sp³-hybridized carbons (Fsp3) is 0.286. The van der Waals surface area contributed by atoms with Crippen molar-refractivity contribution in [3.8, 4) is 0 Å². The molecule has 5 nitrogen and oxygen atoms in total. The minimum atomic E-state index is -3.59. The van der Waals surface area contributed by atoms with Gasteiger partial charge in [0.15, 0.2) is 0 Å². The molecule has 142 valence electrons. The first-order valence-electron chi connectivity index (χ1n) is 9.09. The normalized spacial score (nSPS) is 11.5. The Labute approximate surface area is 161 Å². The average molecular weight is 384 g/mol. The quantitative estimate of drug-likeness (QED) is 0.661. The molecule has 2 aromatic carbocycles. The Morgan fingerprint density at radius 1 is 0.963 bits per heavy atom. The monoisotopic (exact) mass is 383 g/mol. The number of hydrogen-bond acceptors (Lipinski definition) is 3. The lowest BCUT2D eigenvalue weighted by Gasteiger charge is -2.10. The Kier molecular flexibility index (Phi) is 5.65. The number of benzene rings is 2. The van der Waals surface area contributed by atoms with Gasteiger partial charge in [-0.2, -0.15) is 5.10 Å². The van der Waals surface area contributed by atoms with E-state index in [9.17, 15) is 8.42 Å². The number of aromatic nitrogens is 2. The summed E-state index contributed by atoms with van der Waals surface area (Å²) in [4.78, 5) is 0.272. The van der Waals surface area contributed by atoms with Crippen LogP contribution in [0.3, 0.4) is 0 Å². The summed E-state index contributed by atoms with van der Waals surface area (Å²) in [5, 5.41) is 4.45. The summed E-state index contributed by atoms with van der Waals surface area (Å²) in [5.74, 6) is 0. The second kappa shape index (κ2) is 7.96. The fourth-order valence-corrected chi connectivity index (χ4v) is 4.08. The smallest absolute Gasteiger partial charge is 0.261 e. The summed E-state index contributed by atoms with van der Waals surface area (Å²) in [6.07, 6.45) is 1.98. The van der Waals surface area contributed by atoms with Gasteiger partial charge >= 0.3 is 0 Å². The molecule has 1 aromatic heterocycles. The molecule has 0 saturated carbocycles. The van der Waals surface area contributed by atoms with Crippen molar-refractivity contribution in [2.45, 2.75) is 45.1 Å². The van der Waals surface area contributed by atoms with Crippen molar-refractivity contribution < 1.29 is 8.42 Å². The zero-order valence-corrected chi connectivity index (χ0v) is 16.8. The second-order valence-electron chi connectivity index (χ2n) is 6.78. The van der Waals surface area contributed by atoms with Gasteiger partial charge < -0.3 is 0 Å². The van der Waals surface area contributed by atoms with Gasteiger partial charge in [0, 0.05) is 11.4 Å². The van der Waals surface area contributed by atoms with Gasteiger partial charge in [0.05, 0.1) is 17.1 Å². The van der Waals surface area contributed by atoms with Gasteiger partial charge in [0.1, 0.15) is 0 Å². The van der Waals surface area contributed by atoms with E-state index in [1.54, 1.807) is 24.3 Å². The maximum atomic E-state index is 12.6. The fourth-order valence-electron chi connectivity index (χ4n) is 3.02. The van der Waals surface area contributed by atoms with Crippen LogP contribution in [0.5, 0.6) is 0 Å². The van der Waals surface area contributed by atoms with Crippen molar-refractivity contribution >= 4 is 15.7 Å². The summed E-state index contributed by atoms with van der Waals surface area (Å²) in [5.41, 5.74) is 4.84. The summed E-state index contributed by atoms with van der Waals surface area (Å²) in [7, 11) is -3.59. The van der Waals surface area contributed by atoms with E-state index < -0.39 is 10.0 Å². The van der Waals surface area contributed by atoms with E-state index in [-0.39, 0.29) is 4.90 Å². The van der Waals surface area contributed by atoms with Crippen LogP contribution < -0.4 is 4.72 Å². The van der Waals surface area contributed by atoms with Crippen LogP contribution in [-0.4, -0.2) is 18.2 Å². The van der Waals surface area contributed by atoms with Gasteiger partial charge in [0.2, 0.25) is 0 Å². The Morgan fingerprint density at radius 2 is 1.59 bits per heavy atom. The molecule has 0 atom stereocenters.